The van der Waals surface area contributed by atoms with Crippen LogP contribution in [0.25, 0.3) is 11.3 Å². The van der Waals surface area contributed by atoms with Crippen LogP contribution >= 0.6 is 0 Å². The Morgan fingerprint density at radius 1 is 1.04 bits per heavy atom. The maximum Gasteiger partial charge on any atom is 0.411 e. The van der Waals surface area contributed by atoms with Crippen molar-refractivity contribution in [2.45, 2.75) is 82.1 Å². The highest BCUT2D eigenvalue weighted by Crippen LogP contribution is 2.46. The summed E-state index contributed by atoms with van der Waals surface area (Å²) in [5, 5.41) is 5.00. The second-order valence-electron chi connectivity index (χ2n) is 13.8. The van der Waals surface area contributed by atoms with E-state index in [4.69, 9.17) is 4.74 Å². The molecule has 3 fully saturated rings. The number of anilines is 1. The number of amides is 4. The van der Waals surface area contributed by atoms with Crippen LogP contribution in [0.15, 0.2) is 61.8 Å². The van der Waals surface area contributed by atoms with E-state index in [0.29, 0.717) is 36.3 Å². The Hall–Kier alpha value is -4.52. The molecular weight excluding hydrogens is 659 g/mol. The number of aryl methyl sites for hydroxylation is 2. The molecule has 268 valence electrons. The second kappa shape index (κ2) is 15.2. The first-order valence-corrected chi connectivity index (χ1v) is 18.7. The third kappa shape index (κ3) is 8.43. The summed E-state index contributed by atoms with van der Waals surface area (Å²) in [4.78, 5) is 60.5. The van der Waals surface area contributed by atoms with E-state index in [9.17, 15) is 27.6 Å². The number of aromatic nitrogens is 1. The molecule has 5 atom stereocenters. The molecule has 3 saturated carbocycles. The van der Waals surface area contributed by atoms with Crippen LogP contribution in [-0.2, 0) is 29.1 Å². The summed E-state index contributed by atoms with van der Waals surface area (Å²) in [7, 11) is -2.18. The van der Waals surface area contributed by atoms with Crippen LogP contribution in [0, 0.1) is 31.6 Å². The molecule has 3 aliphatic carbocycles. The summed E-state index contributed by atoms with van der Waals surface area (Å²) in [5.41, 5.74) is 2.30. The van der Waals surface area contributed by atoms with Crippen molar-refractivity contribution < 1.29 is 32.3 Å². The van der Waals surface area contributed by atoms with Gasteiger partial charge < -0.3 is 15.0 Å². The Bertz CT molecular complexity index is 1760. The number of carbonyl (C=O) groups excluding carboxylic acids is 4. The summed E-state index contributed by atoms with van der Waals surface area (Å²) in [6, 6.07) is 9.40. The van der Waals surface area contributed by atoms with E-state index in [-0.39, 0.29) is 25.2 Å². The predicted octanol–water partition coefficient (Wildman–Crippen LogP) is 4.79. The summed E-state index contributed by atoms with van der Waals surface area (Å²) in [6.45, 7) is 11.8. The van der Waals surface area contributed by atoms with Gasteiger partial charge in [0.1, 0.15) is 11.6 Å². The normalized spacial score (nSPS) is 24.1. The fourth-order valence-electron chi connectivity index (χ4n) is 6.61. The average Bonchev–Trinajstić information content (AvgIpc) is 4.00. The lowest BCUT2D eigenvalue weighted by atomic mass is 9.93. The lowest BCUT2D eigenvalue weighted by Crippen LogP contribution is -2.54. The number of nitrogens with zero attached hydrogens (tertiary/aromatic N) is 2. The molecule has 1 heterocycles. The molecule has 3 aliphatic rings. The third-order valence-electron chi connectivity index (χ3n) is 9.82. The van der Waals surface area contributed by atoms with Gasteiger partial charge in [0, 0.05) is 31.3 Å². The minimum atomic E-state index is -3.86. The van der Waals surface area contributed by atoms with Gasteiger partial charge in [-0.3, -0.25) is 29.4 Å². The minimum absolute atomic E-state index is 0.0387. The number of ether oxygens (including phenoxy) is 1. The van der Waals surface area contributed by atoms with Crippen LogP contribution < -0.4 is 15.4 Å². The van der Waals surface area contributed by atoms with Gasteiger partial charge in [-0.05, 0) is 88.5 Å². The van der Waals surface area contributed by atoms with Crippen molar-refractivity contribution in [1.82, 2.24) is 19.9 Å². The lowest BCUT2D eigenvalue weighted by molar-refractivity contribution is -0.140. The van der Waals surface area contributed by atoms with Crippen molar-refractivity contribution in [2.24, 2.45) is 17.8 Å². The van der Waals surface area contributed by atoms with E-state index in [1.807, 2.05) is 50.3 Å². The Labute approximate surface area is 294 Å². The fourth-order valence-corrected chi connectivity index (χ4v) is 7.98. The molecule has 0 saturated heterocycles. The van der Waals surface area contributed by atoms with E-state index in [0.717, 1.165) is 30.4 Å². The first-order valence-electron chi connectivity index (χ1n) is 17.2. The molecule has 0 aliphatic heterocycles. The van der Waals surface area contributed by atoms with E-state index in [1.54, 1.807) is 18.1 Å². The van der Waals surface area contributed by atoms with E-state index in [1.165, 1.54) is 6.08 Å². The van der Waals surface area contributed by atoms with Crippen molar-refractivity contribution in [3.63, 3.8) is 0 Å². The summed E-state index contributed by atoms with van der Waals surface area (Å²) >= 11 is 0. The van der Waals surface area contributed by atoms with Crippen molar-refractivity contribution in [3.8, 4) is 11.3 Å². The van der Waals surface area contributed by atoms with Crippen LogP contribution in [0.5, 0.6) is 0 Å². The highest BCUT2D eigenvalue weighted by atomic mass is 32.2. The molecule has 0 spiro atoms. The van der Waals surface area contributed by atoms with Crippen molar-refractivity contribution >= 4 is 39.5 Å². The molecule has 1 aromatic carbocycles. The molecule has 4 amide bonds. The number of hydrogen-bond donors (Lipinski definition) is 3. The van der Waals surface area contributed by atoms with Gasteiger partial charge in [0.2, 0.25) is 21.8 Å². The Balaban J connectivity index is 1.32. The molecule has 0 radical (unpaired) electrons. The van der Waals surface area contributed by atoms with Gasteiger partial charge in [0.25, 0.3) is 5.91 Å². The Kier molecular flexibility index (Phi) is 11.1. The molecule has 5 rings (SSSR count). The number of pyridine rings is 1. The Morgan fingerprint density at radius 2 is 1.76 bits per heavy atom. The van der Waals surface area contributed by atoms with Gasteiger partial charge in [0.15, 0.2) is 0 Å². The zero-order chi connectivity index (χ0) is 36.2. The van der Waals surface area contributed by atoms with Crippen molar-refractivity contribution in [3.05, 3.63) is 73.0 Å². The van der Waals surface area contributed by atoms with Gasteiger partial charge in [0.05, 0.1) is 28.5 Å². The van der Waals surface area contributed by atoms with E-state index >= 15 is 0 Å². The van der Waals surface area contributed by atoms with E-state index in [2.05, 4.69) is 33.5 Å². The van der Waals surface area contributed by atoms with Crippen molar-refractivity contribution in [1.29, 1.82) is 0 Å². The zero-order valence-corrected chi connectivity index (χ0v) is 29.8. The molecule has 5 unspecified atom stereocenters. The molecule has 2 aromatic rings. The molecule has 50 heavy (non-hydrogen) atoms. The molecule has 1 aromatic heterocycles. The van der Waals surface area contributed by atoms with Gasteiger partial charge >= 0.3 is 6.09 Å². The smallest absolute Gasteiger partial charge is 0.411 e. The van der Waals surface area contributed by atoms with Gasteiger partial charge in [-0.15, -0.1) is 13.2 Å². The standard InChI is InChI=1S/C37H47N5O7S/c1-6-8-9-10-17-42(5)34(44)30-20-26(49-36(46)39-32-18-23(3)11-15-28(32)31-16-12-24(4)22-38-31)19-29(30)33(43)40-37(21-25(37)7-2)35(45)41-50(47,48)27-13-14-27/h6-7,11-12,15-16,18,22,25-27,29-30H,1-2,8-10,13-14,17,19-21H2,3-5H3,(H,39,46)(H,40,43)(H,41,45). The van der Waals surface area contributed by atoms with Crippen LogP contribution in [0.2, 0.25) is 0 Å². The van der Waals surface area contributed by atoms with Gasteiger partial charge in [-0.25, -0.2) is 13.2 Å². The maximum atomic E-state index is 14.0. The summed E-state index contributed by atoms with van der Waals surface area (Å²) < 4.78 is 33.2. The number of rotatable bonds is 15. The second-order valence-corrected chi connectivity index (χ2v) is 15.8. The zero-order valence-electron chi connectivity index (χ0n) is 28.9. The number of unbranched alkanes of at least 4 members (excludes halogenated alkanes) is 2. The van der Waals surface area contributed by atoms with Crippen LogP contribution in [-0.4, -0.2) is 72.6 Å². The molecule has 0 bridgehead atoms. The first kappa shape index (κ1) is 36.8. The van der Waals surface area contributed by atoms with Gasteiger partial charge in [-0.2, -0.15) is 0 Å². The number of benzene rings is 1. The summed E-state index contributed by atoms with van der Waals surface area (Å²) in [5.74, 6) is -3.91. The predicted molar refractivity (Wildman–Crippen MR) is 190 cm³/mol. The monoisotopic (exact) mass is 705 g/mol. The quantitative estimate of drug-likeness (QED) is 0.176. The van der Waals surface area contributed by atoms with Gasteiger partial charge in [-0.1, -0.05) is 30.4 Å². The Morgan fingerprint density at radius 3 is 2.40 bits per heavy atom. The fraction of sp³-hybridized carbons (Fsp3) is 0.486. The van der Waals surface area contributed by atoms with Crippen LogP contribution in [0.4, 0.5) is 10.5 Å². The largest absolute Gasteiger partial charge is 0.446 e. The topological polar surface area (TPSA) is 164 Å². The maximum absolute atomic E-state index is 14.0. The summed E-state index contributed by atoms with van der Waals surface area (Å²) in [6.07, 6.45) is 7.23. The minimum Gasteiger partial charge on any atom is -0.446 e. The lowest BCUT2D eigenvalue weighted by Gasteiger charge is -2.26. The SMILES string of the molecule is C=CCCCCN(C)C(=O)C1CC(OC(=O)Nc2cc(C)ccc2-c2ccc(C)cn2)CC1C(=O)NC1(C(=O)NS(=O)(=O)C2CC2)CC1C=C. The number of nitrogens with one attached hydrogen (secondary N) is 3. The average molecular weight is 706 g/mol. The molecule has 12 nitrogen and oxygen atoms in total. The van der Waals surface area contributed by atoms with Crippen molar-refractivity contribution in [2.75, 3.05) is 18.9 Å². The molecule has 3 N–H and O–H groups in total. The third-order valence-corrected chi connectivity index (χ3v) is 11.6. The van der Waals surface area contributed by atoms with Crippen LogP contribution in [0.1, 0.15) is 62.5 Å². The highest BCUT2D eigenvalue weighted by Gasteiger charge is 2.62. The number of hydrogen-bond acceptors (Lipinski definition) is 8. The first-order chi connectivity index (χ1) is 23.8. The number of allylic oxidation sites excluding steroid dienone is 1. The number of carbonyl (C=O) groups is 4. The van der Waals surface area contributed by atoms with E-state index < -0.39 is 62.6 Å². The number of sulfonamides is 1. The highest BCUT2D eigenvalue weighted by molar-refractivity contribution is 7.91. The van der Waals surface area contributed by atoms with Crippen LogP contribution in [0.3, 0.4) is 0 Å². The molecular formula is C37H47N5O7S. The molecule has 13 heteroatoms.